The van der Waals surface area contributed by atoms with Crippen LogP contribution < -0.4 is 43.7 Å². The highest BCUT2D eigenvalue weighted by Crippen LogP contribution is 2.33. The van der Waals surface area contributed by atoms with Gasteiger partial charge in [-0.15, -0.1) is 0 Å². The molecule has 0 spiro atoms. The molecule has 1 saturated carbocycles. The molecule has 0 radical (unpaired) electrons. The Bertz CT molecular complexity index is 5740. The van der Waals surface area contributed by atoms with Crippen molar-refractivity contribution in [1.82, 2.24) is 49.5 Å². The van der Waals surface area contributed by atoms with E-state index >= 15 is 0 Å². The molecule has 5 heterocycles. The molecule has 5 amide bonds. The third-order valence-electron chi connectivity index (χ3n) is 19.7. The summed E-state index contributed by atoms with van der Waals surface area (Å²) in [5.74, 6) is -1.24. The van der Waals surface area contributed by atoms with Crippen LogP contribution >= 0.6 is 34.8 Å². The minimum Gasteiger partial charge on any atom is -0.494 e. The smallest absolute Gasteiger partial charge is 0.287 e. The number of nitrogens with one attached hydrogen (secondary N) is 9. The van der Waals surface area contributed by atoms with Gasteiger partial charge in [0.1, 0.15) is 34.3 Å². The highest BCUT2D eigenvalue weighted by Gasteiger charge is 2.28. The number of carbonyl (C=O) groups excluding carboxylic acids is 5. The summed E-state index contributed by atoms with van der Waals surface area (Å²) in [5, 5.41) is 9.70. The van der Waals surface area contributed by atoms with Gasteiger partial charge in [-0.3, -0.25) is 29.0 Å². The monoisotopic (exact) mass is 1750 g/mol. The van der Waals surface area contributed by atoms with Crippen LogP contribution in [0, 0.1) is 54.4 Å². The summed E-state index contributed by atoms with van der Waals surface area (Å²) >= 11 is 18.7. The van der Waals surface area contributed by atoms with E-state index in [-0.39, 0.29) is 48.2 Å². The van der Waals surface area contributed by atoms with Crippen molar-refractivity contribution in [2.45, 2.75) is 119 Å². The first-order chi connectivity index (χ1) is 56.3. The van der Waals surface area contributed by atoms with Crippen molar-refractivity contribution in [1.29, 1.82) is 0 Å². The average molecular weight is 1750 g/mol. The number of halogens is 3. The molecule has 1 atom stereocenters. The van der Waals surface area contributed by atoms with E-state index in [2.05, 4.69) is 49.5 Å². The van der Waals surface area contributed by atoms with Gasteiger partial charge in [0.2, 0.25) is 30.1 Å². The topological polar surface area (TPSA) is 378 Å². The van der Waals surface area contributed by atoms with Crippen molar-refractivity contribution in [3.63, 3.8) is 0 Å². The Hall–Kier alpha value is -10.1. The van der Waals surface area contributed by atoms with Crippen molar-refractivity contribution >= 4 is 138 Å². The summed E-state index contributed by atoms with van der Waals surface area (Å²) in [7, 11) is -13.3. The molecule has 12 rings (SSSR count). The molecule has 1 unspecified atom stereocenters. The van der Waals surface area contributed by atoms with Crippen LogP contribution in [-0.2, 0) is 60.3 Å². The SMILES string of the molecule is Cc1cc(OCCCc2c(C(=O)NS(=O)(=O)CCNC(=O)c3ccncc3)[nH]c3ccccc23)cc(C)c1Cl.Cc1cc(OCCCc2c(C(=O)NS(=O)(=O)CCNS(=O)CC3CCCCC3)[nH]c3ccccc23)cc(C)c1Cl.Cc1ccoc1C(=O)NCCS(=O)(=O)NC(=O)c1[nH]c2ccccc2c1CCCOc1cc(C)c(Cl)c(C)c1. The number of furan rings is 1. The standard InChI is InChI=1S/C29H38ClN3O5S2.C28H29ClN4O5S.C28H30ClN3O6S/c1-20-17-23(18-21(2)27(20)30)38-15-8-12-25-24-11-6-7-13-26(24)32-28(25)29(34)33-40(36,37)16-14-31-39(35)19-22-9-4-3-5-10-22;1-18-16-21(17-19(2)25(18)29)38-14-5-7-23-22-6-3-4-8-24(22)32-26(23)28(35)33-39(36,37)15-13-31-27(34)20-9-11-30-12-10-20;1-17-10-13-38-26(17)28(34)30-11-14-39(35,36)32-27(33)25-22(21-7-4-5-9-23(21)31-25)8-6-12-37-20-15-18(2)24(29)19(3)16-20/h6-7,11,13,17-18,22,31-32H,3-5,8-10,12,14-16,19H2,1-2H3,(H,33,34);3-4,6,8-12,16-17,32H,5,7,13-15H2,1-2H3,(H,31,34)(H,33,35);4-5,7,9-10,13,15-16,31H,6,8,11-12,14H2,1-3H3,(H,30,34)(H,32,33). The number of hydrogen-bond acceptors (Lipinski definition) is 17. The minimum absolute atomic E-state index is 0.00247. The lowest BCUT2D eigenvalue weighted by Gasteiger charge is -2.20. The van der Waals surface area contributed by atoms with Gasteiger partial charge in [-0.05, 0) is 229 Å². The molecular weight excluding hydrogens is 1650 g/mol. The molecule has 118 heavy (non-hydrogen) atoms. The van der Waals surface area contributed by atoms with Crippen LogP contribution in [0.5, 0.6) is 17.2 Å². The molecule has 26 nitrogen and oxygen atoms in total. The lowest BCUT2D eigenvalue weighted by atomic mass is 9.91. The molecule has 1 fully saturated rings. The highest BCUT2D eigenvalue weighted by atomic mass is 35.5. The van der Waals surface area contributed by atoms with E-state index in [0.29, 0.717) is 114 Å². The van der Waals surface area contributed by atoms with Crippen LogP contribution in [0.2, 0.25) is 15.1 Å². The lowest BCUT2D eigenvalue weighted by Crippen LogP contribution is -2.37. The van der Waals surface area contributed by atoms with Gasteiger partial charge >= 0.3 is 0 Å². The Morgan fingerprint density at radius 2 is 0.805 bits per heavy atom. The van der Waals surface area contributed by atoms with Gasteiger partial charge in [0.05, 0.1) is 54.3 Å². The van der Waals surface area contributed by atoms with Crippen LogP contribution in [0.3, 0.4) is 0 Å². The molecule has 0 bridgehead atoms. The molecule has 11 aromatic rings. The summed E-state index contributed by atoms with van der Waals surface area (Å²) in [6.07, 6.45) is 13.3. The Morgan fingerprint density at radius 1 is 0.458 bits per heavy atom. The minimum atomic E-state index is -4.03. The molecule has 0 aliphatic heterocycles. The van der Waals surface area contributed by atoms with Crippen LogP contribution in [0.4, 0.5) is 0 Å². The first-order valence-electron chi connectivity index (χ1n) is 38.6. The number of amides is 5. The van der Waals surface area contributed by atoms with Crippen LogP contribution in [0.1, 0.15) is 159 Å². The summed E-state index contributed by atoms with van der Waals surface area (Å²) < 4.78 is 120. The number of rotatable bonds is 35. The van der Waals surface area contributed by atoms with Gasteiger partial charge in [0.15, 0.2) is 5.76 Å². The molecule has 1 aliphatic rings. The van der Waals surface area contributed by atoms with E-state index in [0.717, 1.165) is 108 Å². The number of H-pyrrole nitrogens is 3. The van der Waals surface area contributed by atoms with E-state index in [1.807, 2.05) is 151 Å². The highest BCUT2D eigenvalue weighted by molar-refractivity contribution is 7.90. The zero-order valence-corrected chi connectivity index (χ0v) is 72.1. The van der Waals surface area contributed by atoms with Crippen molar-refractivity contribution < 1.29 is 72.1 Å². The summed E-state index contributed by atoms with van der Waals surface area (Å²) in [6.45, 7) is 14.1. The maximum Gasteiger partial charge on any atom is 0.287 e. The third-order valence-corrected chi connectivity index (χ3v) is 26.5. The second-order valence-electron chi connectivity index (χ2n) is 28.9. The van der Waals surface area contributed by atoms with Crippen molar-refractivity contribution in [2.24, 2.45) is 5.92 Å². The molecule has 1 aliphatic carbocycles. The van der Waals surface area contributed by atoms with E-state index < -0.39 is 82.1 Å². The predicted molar refractivity (Wildman–Crippen MR) is 463 cm³/mol. The Labute approximate surface area is 704 Å². The van der Waals surface area contributed by atoms with E-state index in [9.17, 15) is 53.4 Å². The van der Waals surface area contributed by atoms with E-state index in [1.165, 1.54) is 37.2 Å². The molecule has 0 saturated heterocycles. The summed E-state index contributed by atoms with van der Waals surface area (Å²) in [6, 6.07) is 38.3. The van der Waals surface area contributed by atoms with Gasteiger partial charge in [0.25, 0.3) is 29.5 Å². The molecule has 9 N–H and O–H groups in total. The first kappa shape index (κ1) is 90.3. The van der Waals surface area contributed by atoms with E-state index in [1.54, 1.807) is 13.0 Å². The summed E-state index contributed by atoms with van der Waals surface area (Å²) in [4.78, 5) is 76.6. The summed E-state index contributed by atoms with van der Waals surface area (Å²) in [5.41, 5.74) is 11.5. The fraction of sp³-hybridized carbons (Fsp3) is 0.341. The number of carbonyl (C=O) groups is 5. The van der Waals surface area contributed by atoms with Crippen molar-refractivity contribution in [3.8, 4) is 17.2 Å². The number of benzene rings is 6. The van der Waals surface area contributed by atoms with Crippen molar-refractivity contribution in [2.75, 3.05) is 62.5 Å². The second-order valence-corrected chi connectivity index (χ2v) is 36.9. The van der Waals surface area contributed by atoms with Gasteiger partial charge in [-0.2, -0.15) is 0 Å². The number of aryl methyl sites for hydroxylation is 10. The number of para-hydroxylation sites is 3. The zero-order chi connectivity index (χ0) is 84.8. The van der Waals surface area contributed by atoms with Gasteiger partial charge in [-0.1, -0.05) is 109 Å². The number of aromatic amines is 3. The molecule has 33 heteroatoms. The third kappa shape index (κ3) is 25.5. The normalized spacial score (nSPS) is 12.7. The van der Waals surface area contributed by atoms with Gasteiger partial charge < -0.3 is 44.2 Å². The number of ether oxygens (including phenoxy) is 3. The molecular formula is C85H97Cl3N10O16S4. The molecule has 6 aromatic carbocycles. The number of aromatic nitrogens is 4. The average Bonchev–Trinajstić information content (AvgIpc) is 1.65. The van der Waals surface area contributed by atoms with Gasteiger partial charge in [0, 0.05) is 96.7 Å². The van der Waals surface area contributed by atoms with Crippen LogP contribution in [0.25, 0.3) is 32.7 Å². The predicted octanol–water partition coefficient (Wildman–Crippen LogP) is 14.5. The molecule has 5 aromatic heterocycles. The quantitative estimate of drug-likeness (QED) is 0.0167. The molecule has 628 valence electrons. The number of sulfonamides is 3. The number of hydrogen-bond donors (Lipinski definition) is 9. The number of nitrogens with zero attached hydrogens (tertiary/aromatic N) is 1. The van der Waals surface area contributed by atoms with E-state index in [4.69, 9.17) is 53.4 Å². The Kier molecular flexibility index (Phi) is 32.2. The Balaban J connectivity index is 0.000000186. The maximum atomic E-state index is 13.1. The fourth-order valence-corrected chi connectivity index (χ4v) is 18.0. The zero-order valence-electron chi connectivity index (χ0n) is 66.5. The van der Waals surface area contributed by atoms with Crippen LogP contribution in [-0.4, -0.2) is 141 Å². The largest absolute Gasteiger partial charge is 0.494 e. The number of pyridine rings is 1. The number of fused-ring (bicyclic) bond motifs is 3. The van der Waals surface area contributed by atoms with Gasteiger partial charge in [-0.25, -0.2) is 48.4 Å². The van der Waals surface area contributed by atoms with Crippen molar-refractivity contribution in [3.05, 3.63) is 245 Å². The fourth-order valence-electron chi connectivity index (χ4n) is 13.8. The van der Waals surface area contributed by atoms with Crippen LogP contribution in [0.15, 0.2) is 150 Å². The maximum absolute atomic E-state index is 13.1. The second kappa shape index (κ2) is 42.1. The first-order valence-corrected chi connectivity index (χ1v) is 46.0. The lowest BCUT2D eigenvalue weighted by molar-refractivity contribution is 0.0924. The Morgan fingerprint density at radius 3 is 1.16 bits per heavy atom.